The lowest BCUT2D eigenvalue weighted by Gasteiger charge is -2.34. The van der Waals surface area contributed by atoms with Crippen molar-refractivity contribution in [2.45, 2.75) is 20.4 Å². The van der Waals surface area contributed by atoms with Crippen LogP contribution in [-0.2, 0) is 6.54 Å². The van der Waals surface area contributed by atoms with Crippen molar-refractivity contribution in [3.63, 3.8) is 0 Å². The molecule has 6 nitrogen and oxygen atoms in total. The van der Waals surface area contributed by atoms with Crippen molar-refractivity contribution in [1.29, 1.82) is 0 Å². The minimum absolute atomic E-state index is 0.00249. The number of aromatic hydroxyl groups is 1. The second-order valence-corrected chi connectivity index (χ2v) is 6.65. The second kappa shape index (κ2) is 8.19. The number of anilines is 1. The molecule has 1 amide bonds. The molecule has 138 valence electrons. The van der Waals surface area contributed by atoms with Gasteiger partial charge < -0.3 is 20.2 Å². The molecule has 2 heterocycles. The summed E-state index contributed by atoms with van der Waals surface area (Å²) in [5.74, 6) is 0.671. The van der Waals surface area contributed by atoms with E-state index in [1.54, 1.807) is 24.4 Å². The molecule has 0 atom stereocenters. The Morgan fingerprint density at radius 2 is 1.96 bits per heavy atom. The quantitative estimate of drug-likeness (QED) is 0.861. The number of phenols is 1. The van der Waals surface area contributed by atoms with Crippen molar-refractivity contribution in [1.82, 2.24) is 15.2 Å². The van der Waals surface area contributed by atoms with E-state index in [-0.39, 0.29) is 11.7 Å². The fourth-order valence-electron chi connectivity index (χ4n) is 3.15. The first-order valence-corrected chi connectivity index (χ1v) is 9.07. The molecule has 0 spiro atoms. The Labute approximate surface area is 154 Å². The summed E-state index contributed by atoms with van der Waals surface area (Å²) >= 11 is 0. The summed E-state index contributed by atoms with van der Waals surface area (Å²) < 4.78 is 0. The lowest BCUT2D eigenvalue weighted by Crippen LogP contribution is -2.46. The summed E-state index contributed by atoms with van der Waals surface area (Å²) in [7, 11) is 0. The maximum absolute atomic E-state index is 12.3. The van der Waals surface area contributed by atoms with Crippen LogP contribution in [0.3, 0.4) is 0 Å². The highest BCUT2D eigenvalue weighted by molar-refractivity contribution is 5.96. The highest BCUT2D eigenvalue weighted by Gasteiger charge is 2.17. The van der Waals surface area contributed by atoms with Crippen LogP contribution in [0.15, 0.2) is 36.5 Å². The number of nitrogens with zero attached hydrogens (tertiary/aromatic N) is 3. The molecule has 1 aliphatic rings. The van der Waals surface area contributed by atoms with Gasteiger partial charge in [-0.25, -0.2) is 4.98 Å². The van der Waals surface area contributed by atoms with Crippen molar-refractivity contribution in [2.24, 2.45) is 0 Å². The van der Waals surface area contributed by atoms with E-state index in [4.69, 9.17) is 0 Å². The molecule has 1 aromatic heterocycles. The number of carbonyl (C=O) groups is 1. The smallest absolute Gasteiger partial charge is 0.255 e. The summed E-state index contributed by atoms with van der Waals surface area (Å²) in [4.78, 5) is 21.5. The van der Waals surface area contributed by atoms with Crippen molar-refractivity contribution >= 4 is 11.7 Å². The van der Waals surface area contributed by atoms with Gasteiger partial charge in [-0.1, -0.05) is 18.6 Å². The van der Waals surface area contributed by atoms with E-state index in [0.717, 1.165) is 49.7 Å². The van der Waals surface area contributed by atoms with E-state index in [0.29, 0.717) is 12.1 Å². The Hall–Kier alpha value is -2.60. The Balaban J connectivity index is 1.62. The number of nitrogens with one attached hydrogen (secondary N) is 1. The van der Waals surface area contributed by atoms with Crippen LogP contribution in [0.1, 0.15) is 28.4 Å². The minimum Gasteiger partial charge on any atom is -0.507 e. The molecule has 6 heteroatoms. The summed E-state index contributed by atoms with van der Waals surface area (Å²) in [6, 6.07) is 8.94. The average Bonchev–Trinajstić information content (AvgIpc) is 2.68. The molecule has 0 unspecified atom stereocenters. The Morgan fingerprint density at radius 3 is 2.69 bits per heavy atom. The van der Waals surface area contributed by atoms with E-state index in [9.17, 15) is 9.90 Å². The number of rotatable bonds is 5. The molecule has 0 saturated carbocycles. The highest BCUT2D eigenvalue weighted by atomic mass is 16.3. The Bertz CT molecular complexity index is 770. The number of carbonyl (C=O) groups excluding carboxylic acids is 1. The Kier molecular flexibility index (Phi) is 5.73. The van der Waals surface area contributed by atoms with Crippen LogP contribution >= 0.6 is 0 Å². The van der Waals surface area contributed by atoms with Gasteiger partial charge in [0.15, 0.2) is 0 Å². The van der Waals surface area contributed by atoms with Gasteiger partial charge in [-0.15, -0.1) is 0 Å². The molecular weight excluding hydrogens is 328 g/mol. The van der Waals surface area contributed by atoms with E-state index in [1.807, 2.05) is 19.1 Å². The van der Waals surface area contributed by atoms with Crippen molar-refractivity contribution in [3.05, 3.63) is 53.2 Å². The number of hydrogen-bond donors (Lipinski definition) is 2. The lowest BCUT2D eigenvalue weighted by molar-refractivity contribution is 0.0948. The van der Waals surface area contributed by atoms with Crippen LogP contribution in [0.4, 0.5) is 5.82 Å². The van der Waals surface area contributed by atoms with Crippen molar-refractivity contribution < 1.29 is 9.90 Å². The van der Waals surface area contributed by atoms with E-state index < -0.39 is 0 Å². The van der Waals surface area contributed by atoms with E-state index >= 15 is 0 Å². The predicted octanol–water partition coefficient (Wildman–Crippen LogP) is 2.17. The topological polar surface area (TPSA) is 68.7 Å². The molecule has 2 N–H and O–H groups in total. The van der Waals surface area contributed by atoms with Gasteiger partial charge in [0.1, 0.15) is 11.6 Å². The molecule has 0 radical (unpaired) electrons. The second-order valence-electron chi connectivity index (χ2n) is 6.65. The number of benzene rings is 1. The first-order valence-electron chi connectivity index (χ1n) is 9.07. The minimum atomic E-state index is -0.277. The standard InChI is InChI=1S/C20H26N4O2/c1-3-23-8-10-24(11-9-23)19-13-16(6-7-21-19)14-22-20(26)17-12-15(2)4-5-18(17)25/h4-7,12-13,25H,3,8-11,14H2,1-2H3,(H,22,26). The number of hydrogen-bond acceptors (Lipinski definition) is 5. The van der Waals surface area contributed by atoms with E-state index in [1.165, 1.54) is 0 Å². The average molecular weight is 354 g/mol. The number of likely N-dealkylation sites (N-methyl/N-ethyl adjacent to an activating group) is 1. The molecule has 1 fully saturated rings. The summed E-state index contributed by atoms with van der Waals surface area (Å²) in [6.07, 6.45) is 1.78. The summed E-state index contributed by atoms with van der Waals surface area (Å²) in [5.41, 5.74) is 2.23. The highest BCUT2D eigenvalue weighted by Crippen LogP contribution is 2.19. The van der Waals surface area contributed by atoms with Crippen LogP contribution in [-0.4, -0.2) is 53.6 Å². The zero-order valence-electron chi connectivity index (χ0n) is 15.4. The van der Waals surface area contributed by atoms with Gasteiger partial charge in [0.25, 0.3) is 5.91 Å². The third kappa shape index (κ3) is 4.32. The normalized spacial score (nSPS) is 15.1. The Morgan fingerprint density at radius 1 is 1.19 bits per heavy atom. The van der Waals surface area contributed by atoms with Gasteiger partial charge in [0.2, 0.25) is 0 Å². The van der Waals surface area contributed by atoms with Gasteiger partial charge in [0.05, 0.1) is 5.56 Å². The molecule has 26 heavy (non-hydrogen) atoms. The van der Waals surface area contributed by atoms with Crippen molar-refractivity contribution in [3.8, 4) is 5.75 Å². The largest absolute Gasteiger partial charge is 0.507 e. The first kappa shape index (κ1) is 18.2. The van der Waals surface area contributed by atoms with Gasteiger partial charge >= 0.3 is 0 Å². The zero-order valence-corrected chi connectivity index (χ0v) is 15.4. The van der Waals surface area contributed by atoms with Crippen LogP contribution in [0.2, 0.25) is 0 Å². The summed E-state index contributed by atoms with van der Waals surface area (Å²) in [6.45, 7) is 9.59. The third-order valence-corrected chi connectivity index (χ3v) is 4.80. The summed E-state index contributed by atoms with van der Waals surface area (Å²) in [5, 5.41) is 12.8. The fourth-order valence-corrected chi connectivity index (χ4v) is 3.15. The predicted molar refractivity (Wildman–Crippen MR) is 103 cm³/mol. The van der Waals surface area contributed by atoms with Crippen LogP contribution in [0.5, 0.6) is 5.75 Å². The van der Waals surface area contributed by atoms with Crippen LogP contribution in [0, 0.1) is 6.92 Å². The lowest BCUT2D eigenvalue weighted by atomic mass is 10.1. The molecule has 1 aliphatic heterocycles. The van der Waals surface area contributed by atoms with Gasteiger partial charge in [0, 0.05) is 38.9 Å². The van der Waals surface area contributed by atoms with Crippen molar-refractivity contribution in [2.75, 3.05) is 37.6 Å². The van der Waals surface area contributed by atoms with Gasteiger partial charge in [-0.05, 0) is 43.3 Å². The van der Waals surface area contributed by atoms with Crippen LogP contribution < -0.4 is 10.2 Å². The molecule has 0 bridgehead atoms. The molecule has 1 aromatic carbocycles. The zero-order chi connectivity index (χ0) is 18.5. The van der Waals surface area contributed by atoms with Gasteiger partial charge in [-0.3, -0.25) is 4.79 Å². The van der Waals surface area contributed by atoms with E-state index in [2.05, 4.69) is 27.0 Å². The number of aromatic nitrogens is 1. The molecule has 0 aliphatic carbocycles. The maximum Gasteiger partial charge on any atom is 0.255 e. The number of phenolic OH excluding ortho intramolecular Hbond substituents is 1. The number of aryl methyl sites for hydroxylation is 1. The molecule has 1 saturated heterocycles. The number of pyridine rings is 1. The van der Waals surface area contributed by atoms with Crippen LogP contribution in [0.25, 0.3) is 0 Å². The number of amides is 1. The monoisotopic (exact) mass is 354 g/mol. The molecule has 2 aromatic rings. The fraction of sp³-hybridized carbons (Fsp3) is 0.400. The first-order chi connectivity index (χ1) is 12.6. The number of piperazine rings is 1. The maximum atomic E-state index is 12.3. The third-order valence-electron chi connectivity index (χ3n) is 4.80. The SMILES string of the molecule is CCN1CCN(c2cc(CNC(=O)c3cc(C)ccc3O)ccn2)CC1. The molecule has 3 rings (SSSR count). The molecular formula is C20H26N4O2. The van der Waals surface area contributed by atoms with Gasteiger partial charge in [-0.2, -0.15) is 0 Å².